The minimum Gasteiger partial charge on any atom is -0.399 e. The molecule has 2 aromatic rings. The van der Waals surface area contributed by atoms with Crippen LogP contribution in [0.4, 0.5) is 15.8 Å². The van der Waals surface area contributed by atoms with Crippen LogP contribution < -0.4 is 10.6 Å². The van der Waals surface area contributed by atoms with E-state index in [1.54, 1.807) is 6.07 Å². The van der Waals surface area contributed by atoms with Crippen LogP contribution in [-0.4, -0.2) is 6.54 Å². The quantitative estimate of drug-likeness (QED) is 0.851. The zero-order valence-corrected chi connectivity index (χ0v) is 10.9. The molecular weight excluding hydrogens is 253 g/mol. The number of anilines is 2. The first-order valence-corrected chi connectivity index (χ1v) is 6.48. The second kappa shape index (κ2) is 4.86. The van der Waals surface area contributed by atoms with Gasteiger partial charge >= 0.3 is 0 Å². The van der Waals surface area contributed by atoms with E-state index in [0.29, 0.717) is 12.1 Å². The predicted molar refractivity (Wildman–Crippen MR) is 76.7 cm³/mol. The Bertz CT molecular complexity index is 703. The van der Waals surface area contributed by atoms with Crippen LogP contribution in [0.25, 0.3) is 0 Å². The van der Waals surface area contributed by atoms with E-state index in [0.717, 1.165) is 29.9 Å². The van der Waals surface area contributed by atoms with Crippen molar-refractivity contribution in [3.05, 3.63) is 58.9 Å². The average Bonchev–Trinajstić information content (AvgIpc) is 2.80. The molecule has 1 aliphatic heterocycles. The summed E-state index contributed by atoms with van der Waals surface area (Å²) in [6, 6.07) is 12.3. The summed E-state index contributed by atoms with van der Waals surface area (Å²) in [6.07, 6.45) is 0.968. The number of hydrogen-bond donors (Lipinski definition) is 1. The molecule has 4 heteroatoms. The molecule has 2 aromatic carbocycles. The largest absolute Gasteiger partial charge is 0.399 e. The van der Waals surface area contributed by atoms with Crippen LogP contribution in [0.5, 0.6) is 0 Å². The van der Waals surface area contributed by atoms with Gasteiger partial charge in [-0.05, 0) is 47.9 Å². The molecule has 1 heterocycles. The third-order valence-electron chi connectivity index (χ3n) is 3.56. The highest BCUT2D eigenvalue weighted by Gasteiger charge is 2.19. The lowest BCUT2D eigenvalue weighted by molar-refractivity contribution is 0.624. The van der Waals surface area contributed by atoms with E-state index >= 15 is 0 Å². The predicted octanol–water partition coefficient (Wildman–Crippen LogP) is 2.84. The van der Waals surface area contributed by atoms with Crippen molar-refractivity contribution in [1.29, 1.82) is 5.26 Å². The molecular formula is C16H14FN3. The second-order valence-corrected chi connectivity index (χ2v) is 5.02. The van der Waals surface area contributed by atoms with E-state index < -0.39 is 0 Å². The number of hydrogen-bond acceptors (Lipinski definition) is 3. The highest BCUT2D eigenvalue weighted by Crippen LogP contribution is 2.31. The van der Waals surface area contributed by atoms with Crippen molar-refractivity contribution < 1.29 is 4.39 Å². The van der Waals surface area contributed by atoms with Crippen molar-refractivity contribution in [2.75, 3.05) is 17.2 Å². The van der Waals surface area contributed by atoms with Gasteiger partial charge in [0.25, 0.3) is 0 Å². The number of nitrogen functional groups attached to an aromatic ring is 1. The van der Waals surface area contributed by atoms with Crippen LogP contribution >= 0.6 is 0 Å². The SMILES string of the molecule is N#Cc1cc(F)cc(CN2CCc3ccc(N)cc32)c1. The molecule has 0 saturated carbocycles. The molecule has 0 unspecified atom stereocenters. The first-order valence-electron chi connectivity index (χ1n) is 6.48. The van der Waals surface area contributed by atoms with Crippen molar-refractivity contribution in [3.8, 4) is 6.07 Å². The fraction of sp³-hybridized carbons (Fsp3) is 0.188. The number of nitrogens with two attached hydrogens (primary N) is 1. The minimum atomic E-state index is -0.369. The molecule has 0 fully saturated rings. The lowest BCUT2D eigenvalue weighted by Crippen LogP contribution is -2.19. The van der Waals surface area contributed by atoms with Gasteiger partial charge in [-0.1, -0.05) is 6.07 Å². The Balaban J connectivity index is 1.89. The zero-order chi connectivity index (χ0) is 14.1. The number of nitriles is 1. The molecule has 0 aromatic heterocycles. The first kappa shape index (κ1) is 12.5. The Kier molecular flexibility index (Phi) is 3.03. The number of rotatable bonds is 2. The Morgan fingerprint density at radius 1 is 1.25 bits per heavy atom. The fourth-order valence-corrected chi connectivity index (χ4v) is 2.65. The highest BCUT2D eigenvalue weighted by molar-refractivity contribution is 5.64. The fourth-order valence-electron chi connectivity index (χ4n) is 2.65. The Morgan fingerprint density at radius 3 is 2.90 bits per heavy atom. The lowest BCUT2D eigenvalue weighted by Gasteiger charge is -2.20. The number of benzene rings is 2. The van der Waals surface area contributed by atoms with Gasteiger partial charge in [-0.3, -0.25) is 0 Å². The van der Waals surface area contributed by atoms with Gasteiger partial charge in [0.1, 0.15) is 5.82 Å². The Morgan fingerprint density at radius 2 is 2.10 bits per heavy atom. The summed E-state index contributed by atoms with van der Waals surface area (Å²) in [7, 11) is 0. The molecule has 0 aliphatic carbocycles. The van der Waals surface area contributed by atoms with Gasteiger partial charge < -0.3 is 10.6 Å². The van der Waals surface area contributed by atoms with E-state index in [4.69, 9.17) is 11.0 Å². The Labute approximate surface area is 117 Å². The highest BCUT2D eigenvalue weighted by atomic mass is 19.1. The second-order valence-electron chi connectivity index (χ2n) is 5.02. The zero-order valence-electron chi connectivity index (χ0n) is 10.9. The smallest absolute Gasteiger partial charge is 0.124 e. The minimum absolute atomic E-state index is 0.354. The molecule has 20 heavy (non-hydrogen) atoms. The monoisotopic (exact) mass is 267 g/mol. The van der Waals surface area contributed by atoms with Gasteiger partial charge in [0.05, 0.1) is 11.6 Å². The number of fused-ring (bicyclic) bond motifs is 1. The summed E-state index contributed by atoms with van der Waals surface area (Å²) in [5.41, 5.74) is 10.1. The molecule has 0 radical (unpaired) electrons. The maximum atomic E-state index is 13.5. The van der Waals surface area contributed by atoms with E-state index in [2.05, 4.69) is 4.90 Å². The van der Waals surface area contributed by atoms with E-state index in [-0.39, 0.29) is 5.82 Å². The molecule has 3 nitrogen and oxygen atoms in total. The first-order chi connectivity index (χ1) is 9.65. The van der Waals surface area contributed by atoms with Gasteiger partial charge in [-0.25, -0.2) is 4.39 Å². The topological polar surface area (TPSA) is 53.0 Å². The van der Waals surface area contributed by atoms with Crippen LogP contribution in [0.2, 0.25) is 0 Å². The maximum Gasteiger partial charge on any atom is 0.124 e. The normalized spacial score (nSPS) is 13.1. The lowest BCUT2D eigenvalue weighted by atomic mass is 10.1. The van der Waals surface area contributed by atoms with Crippen molar-refractivity contribution in [2.24, 2.45) is 0 Å². The summed E-state index contributed by atoms with van der Waals surface area (Å²) < 4.78 is 13.5. The Hall–Kier alpha value is -2.54. The van der Waals surface area contributed by atoms with Crippen LogP contribution in [0.1, 0.15) is 16.7 Å². The third kappa shape index (κ3) is 2.30. The number of nitrogens with zero attached hydrogens (tertiary/aromatic N) is 2. The van der Waals surface area contributed by atoms with Crippen LogP contribution in [-0.2, 0) is 13.0 Å². The van der Waals surface area contributed by atoms with Crippen molar-refractivity contribution >= 4 is 11.4 Å². The van der Waals surface area contributed by atoms with E-state index in [1.807, 2.05) is 24.3 Å². The van der Waals surface area contributed by atoms with Gasteiger partial charge in [-0.2, -0.15) is 5.26 Å². The summed E-state index contributed by atoms with van der Waals surface area (Å²) >= 11 is 0. The summed E-state index contributed by atoms with van der Waals surface area (Å²) in [5, 5.41) is 8.89. The van der Waals surface area contributed by atoms with Crippen molar-refractivity contribution in [1.82, 2.24) is 0 Å². The van der Waals surface area contributed by atoms with Crippen LogP contribution in [0.15, 0.2) is 36.4 Å². The maximum absolute atomic E-state index is 13.5. The van der Waals surface area contributed by atoms with E-state index in [1.165, 1.54) is 17.7 Å². The molecule has 2 N–H and O–H groups in total. The van der Waals surface area contributed by atoms with Crippen molar-refractivity contribution in [3.63, 3.8) is 0 Å². The molecule has 0 atom stereocenters. The van der Waals surface area contributed by atoms with Crippen molar-refractivity contribution in [2.45, 2.75) is 13.0 Å². The molecule has 100 valence electrons. The third-order valence-corrected chi connectivity index (χ3v) is 3.56. The molecule has 0 saturated heterocycles. The summed E-state index contributed by atoms with van der Waals surface area (Å²) in [4.78, 5) is 2.17. The molecule has 1 aliphatic rings. The van der Waals surface area contributed by atoms with Gasteiger partial charge in [0, 0.05) is 24.5 Å². The van der Waals surface area contributed by atoms with Gasteiger partial charge in [0.15, 0.2) is 0 Å². The van der Waals surface area contributed by atoms with Crippen LogP contribution in [0, 0.1) is 17.1 Å². The standard InChI is InChI=1S/C16H14FN3/c17-14-6-11(9-18)5-12(7-14)10-20-4-3-13-1-2-15(19)8-16(13)20/h1-2,5-8H,3-4,10,19H2. The summed E-state index contributed by atoms with van der Waals surface area (Å²) in [5.74, 6) is -0.369. The average molecular weight is 267 g/mol. The molecule has 0 spiro atoms. The molecule has 0 bridgehead atoms. The molecule has 0 amide bonds. The van der Waals surface area contributed by atoms with Gasteiger partial charge in [0.2, 0.25) is 0 Å². The number of halogens is 1. The molecule has 3 rings (SSSR count). The van der Waals surface area contributed by atoms with Crippen LogP contribution in [0.3, 0.4) is 0 Å². The van der Waals surface area contributed by atoms with E-state index in [9.17, 15) is 4.39 Å². The van der Waals surface area contributed by atoms with Gasteiger partial charge in [-0.15, -0.1) is 0 Å². The summed E-state index contributed by atoms with van der Waals surface area (Å²) in [6.45, 7) is 1.47.